The predicted molar refractivity (Wildman–Crippen MR) is 90.1 cm³/mol. The molecule has 2 saturated carbocycles. The number of likely N-dealkylation sites (tertiary alicyclic amines) is 1. The molecule has 0 amide bonds. The summed E-state index contributed by atoms with van der Waals surface area (Å²) in [5.41, 5.74) is 1.82. The number of piperidine rings is 1. The molecule has 1 spiro atoms. The second-order valence-electron chi connectivity index (χ2n) is 8.92. The number of aromatic hydroxyl groups is 1. The Bertz CT molecular complexity index is 803. The number of quaternary nitrogens is 1. The largest absolute Gasteiger partial charge is 0.633 e. The van der Waals surface area contributed by atoms with Gasteiger partial charge in [0.05, 0.1) is 24.5 Å². The highest BCUT2D eigenvalue weighted by Gasteiger charge is 2.68. The zero-order chi connectivity index (χ0) is 17.0. The minimum absolute atomic E-state index is 0.0385. The molecule has 0 radical (unpaired) electrons. The molecule has 1 N–H and O–H groups in total. The Kier molecular flexibility index (Phi) is 2.55. The minimum atomic E-state index is -0.495. The molecule has 25 heavy (non-hydrogen) atoms. The molecular formula is C20H23NO4. The van der Waals surface area contributed by atoms with Crippen LogP contribution in [0.3, 0.4) is 0 Å². The van der Waals surface area contributed by atoms with Crippen LogP contribution in [0.25, 0.3) is 0 Å². The van der Waals surface area contributed by atoms with Crippen LogP contribution < -0.4 is 4.74 Å². The SMILES string of the molecule is O=C1CC[C@H]2[C@H]3Cc4ccc(O)c5c4[C@@]2(CC[N@+]3([O-])CC2CC2)[C@H]1O5. The van der Waals surface area contributed by atoms with Crippen molar-refractivity contribution in [2.75, 3.05) is 13.1 Å². The van der Waals surface area contributed by atoms with E-state index >= 15 is 0 Å². The molecular weight excluding hydrogens is 318 g/mol. The van der Waals surface area contributed by atoms with Gasteiger partial charge in [-0.15, -0.1) is 0 Å². The fourth-order valence-corrected chi connectivity index (χ4v) is 6.53. The summed E-state index contributed by atoms with van der Waals surface area (Å²) in [5.74, 6) is 1.61. The van der Waals surface area contributed by atoms with Crippen molar-refractivity contribution in [2.24, 2.45) is 11.8 Å². The summed E-state index contributed by atoms with van der Waals surface area (Å²) in [4.78, 5) is 12.7. The fourth-order valence-electron chi connectivity index (χ4n) is 6.53. The van der Waals surface area contributed by atoms with E-state index in [1.807, 2.05) is 6.07 Å². The first-order valence-electron chi connectivity index (χ1n) is 9.65. The van der Waals surface area contributed by atoms with Crippen LogP contribution in [0.1, 0.15) is 43.2 Å². The molecule has 5 aliphatic rings. The molecule has 6 rings (SSSR count). The van der Waals surface area contributed by atoms with E-state index in [1.54, 1.807) is 6.07 Å². The van der Waals surface area contributed by atoms with Gasteiger partial charge in [0.2, 0.25) is 0 Å². The van der Waals surface area contributed by atoms with Gasteiger partial charge in [-0.3, -0.25) is 4.79 Å². The molecule has 5 nitrogen and oxygen atoms in total. The van der Waals surface area contributed by atoms with E-state index in [-0.39, 0.29) is 33.6 Å². The van der Waals surface area contributed by atoms with Crippen molar-refractivity contribution in [2.45, 2.75) is 56.1 Å². The molecule has 1 aromatic carbocycles. The first kappa shape index (κ1) is 14.6. The predicted octanol–water partition coefficient (Wildman–Crippen LogP) is 2.42. The van der Waals surface area contributed by atoms with Crippen molar-refractivity contribution in [1.82, 2.24) is 0 Å². The van der Waals surface area contributed by atoms with Crippen molar-refractivity contribution in [1.29, 1.82) is 0 Å². The maximum absolute atomic E-state index is 13.8. The number of carbonyl (C=O) groups is 1. The summed E-state index contributed by atoms with van der Waals surface area (Å²) in [5, 5.41) is 24.1. The zero-order valence-corrected chi connectivity index (χ0v) is 14.2. The van der Waals surface area contributed by atoms with Gasteiger partial charge in [-0.2, -0.15) is 0 Å². The third-order valence-corrected chi connectivity index (χ3v) is 7.71. The van der Waals surface area contributed by atoms with Crippen LogP contribution in [-0.2, 0) is 16.6 Å². The van der Waals surface area contributed by atoms with Crippen LogP contribution >= 0.6 is 0 Å². The Balaban J connectivity index is 1.56. The number of hydroxylamine groups is 3. The maximum Gasteiger partial charge on any atom is 0.174 e. The van der Waals surface area contributed by atoms with E-state index in [9.17, 15) is 15.1 Å². The van der Waals surface area contributed by atoms with Crippen molar-refractivity contribution in [3.8, 4) is 11.5 Å². The van der Waals surface area contributed by atoms with Gasteiger partial charge >= 0.3 is 0 Å². The molecule has 3 aliphatic carbocycles. The van der Waals surface area contributed by atoms with Crippen LogP contribution in [0, 0.1) is 17.0 Å². The summed E-state index contributed by atoms with van der Waals surface area (Å²) in [7, 11) is 0. The topological polar surface area (TPSA) is 69.6 Å². The highest BCUT2D eigenvalue weighted by molar-refractivity contribution is 5.89. The molecule has 1 aromatic rings. The molecule has 2 bridgehead atoms. The summed E-state index contributed by atoms with van der Waals surface area (Å²) in [6.07, 6.45) is 4.67. The maximum atomic E-state index is 13.8. The van der Waals surface area contributed by atoms with Crippen molar-refractivity contribution in [3.05, 3.63) is 28.5 Å². The fraction of sp³-hybridized carbons (Fsp3) is 0.650. The number of phenolic OH excluding ortho intramolecular Hbond substituents is 1. The van der Waals surface area contributed by atoms with E-state index in [0.29, 0.717) is 31.1 Å². The first-order valence-corrected chi connectivity index (χ1v) is 9.65. The smallest absolute Gasteiger partial charge is 0.174 e. The van der Waals surface area contributed by atoms with Gasteiger partial charge in [-0.25, -0.2) is 0 Å². The van der Waals surface area contributed by atoms with Crippen LogP contribution in [0.5, 0.6) is 11.5 Å². The monoisotopic (exact) mass is 341 g/mol. The number of benzene rings is 1. The number of carbonyl (C=O) groups excluding carboxylic acids is 1. The number of hydrogen-bond acceptors (Lipinski definition) is 4. The van der Waals surface area contributed by atoms with Crippen LogP contribution in [0.4, 0.5) is 0 Å². The summed E-state index contributed by atoms with van der Waals surface area (Å²) in [6, 6.07) is 3.66. The minimum Gasteiger partial charge on any atom is -0.633 e. The molecule has 132 valence electrons. The van der Waals surface area contributed by atoms with Crippen molar-refractivity contribution >= 4 is 5.78 Å². The second kappa shape index (κ2) is 4.38. The van der Waals surface area contributed by atoms with E-state index in [2.05, 4.69) is 0 Å². The van der Waals surface area contributed by atoms with E-state index in [4.69, 9.17) is 4.74 Å². The molecule has 5 atom stereocenters. The van der Waals surface area contributed by atoms with Gasteiger partial charge in [-0.1, -0.05) is 6.07 Å². The average Bonchev–Trinajstić information content (AvgIpc) is 3.32. The number of ketones is 1. The van der Waals surface area contributed by atoms with Gasteiger partial charge in [0.1, 0.15) is 0 Å². The first-order chi connectivity index (χ1) is 12.0. The van der Waals surface area contributed by atoms with Crippen LogP contribution in [0.15, 0.2) is 12.1 Å². The number of nitrogens with zero attached hydrogens (tertiary/aromatic N) is 1. The van der Waals surface area contributed by atoms with E-state index < -0.39 is 6.10 Å². The number of ether oxygens (including phenoxy) is 1. The molecule has 2 aliphatic heterocycles. The number of rotatable bonds is 2. The average molecular weight is 341 g/mol. The normalized spacial score (nSPS) is 43.6. The van der Waals surface area contributed by atoms with Gasteiger partial charge in [0.25, 0.3) is 0 Å². The lowest BCUT2D eigenvalue weighted by molar-refractivity contribution is -0.919. The second-order valence-corrected chi connectivity index (χ2v) is 8.92. The van der Waals surface area contributed by atoms with Gasteiger partial charge in [-0.05, 0) is 30.9 Å². The third-order valence-electron chi connectivity index (χ3n) is 7.71. The quantitative estimate of drug-likeness (QED) is 0.662. The Morgan fingerprint density at radius 1 is 1.32 bits per heavy atom. The van der Waals surface area contributed by atoms with Gasteiger partial charge < -0.3 is 19.7 Å². The van der Waals surface area contributed by atoms with Crippen molar-refractivity contribution < 1.29 is 19.3 Å². The van der Waals surface area contributed by atoms with Crippen molar-refractivity contribution in [3.63, 3.8) is 0 Å². The van der Waals surface area contributed by atoms with Gasteiger partial charge in [0, 0.05) is 36.7 Å². The number of hydrogen-bond donors (Lipinski definition) is 1. The number of phenols is 1. The lowest BCUT2D eigenvalue weighted by Gasteiger charge is -2.63. The molecule has 3 fully saturated rings. The number of Topliss-reactive ketones (excluding diaryl/α,β-unsaturated/α-hetero) is 1. The lowest BCUT2D eigenvalue weighted by atomic mass is 9.51. The van der Waals surface area contributed by atoms with E-state index in [1.165, 1.54) is 12.8 Å². The summed E-state index contributed by atoms with van der Waals surface area (Å²) < 4.78 is 6.00. The van der Waals surface area contributed by atoms with Crippen LogP contribution in [-0.4, -0.2) is 40.8 Å². The Labute approximate surface area is 146 Å². The molecule has 5 heteroatoms. The molecule has 2 heterocycles. The third kappa shape index (κ3) is 1.64. The van der Waals surface area contributed by atoms with Gasteiger partial charge in [0.15, 0.2) is 23.4 Å². The highest BCUT2D eigenvalue weighted by Crippen LogP contribution is 2.64. The zero-order valence-electron chi connectivity index (χ0n) is 14.2. The Morgan fingerprint density at radius 3 is 2.96 bits per heavy atom. The highest BCUT2D eigenvalue weighted by atomic mass is 16.5. The Morgan fingerprint density at radius 2 is 2.16 bits per heavy atom. The summed E-state index contributed by atoms with van der Waals surface area (Å²) in [6.45, 7) is 1.33. The standard InChI is InChI=1S/C20H23NO4/c22-15-5-3-12-9-14-13-4-6-16(23)19-20(13,17(12)18(15)25-19)7-8-21(14,24)10-11-1-2-11/h3,5,11,13-14,19,22H,1-2,4,6-10H2/t13-,14+,19-,20-,21-/m0/s1. The molecule has 1 saturated heterocycles. The lowest BCUT2D eigenvalue weighted by Crippen LogP contribution is -2.71. The van der Waals surface area contributed by atoms with Crippen LogP contribution in [0.2, 0.25) is 0 Å². The Hall–Kier alpha value is -1.59. The molecule has 0 unspecified atom stereocenters. The summed E-state index contributed by atoms with van der Waals surface area (Å²) >= 11 is 0. The van der Waals surface area contributed by atoms with E-state index in [0.717, 1.165) is 30.5 Å². The molecule has 0 aromatic heterocycles.